The Morgan fingerprint density at radius 3 is 1.69 bits per heavy atom. The predicted molar refractivity (Wildman–Crippen MR) is 373 cm³/mol. The van der Waals surface area contributed by atoms with Crippen LogP contribution >= 0.6 is 0 Å². The second-order valence-corrected chi connectivity index (χ2v) is 33.4. The number of likely N-dealkylation sites (N-methyl/N-ethyl adjacent to an activating group) is 1. The first-order valence-electron chi connectivity index (χ1n) is 37.0. The third kappa shape index (κ3) is 12.1. The molecule has 1 aliphatic heterocycles. The normalized spacial score (nSPS) is 34.9. The van der Waals surface area contributed by atoms with Crippen LogP contribution in [0.5, 0.6) is 11.5 Å². The average molecular weight is 1280 g/mol. The third-order valence-electron chi connectivity index (χ3n) is 27.6. The zero-order valence-corrected chi connectivity index (χ0v) is 58.8. The summed E-state index contributed by atoms with van der Waals surface area (Å²) in [6.07, 6.45) is 36.4. The van der Waals surface area contributed by atoms with Gasteiger partial charge in [0.25, 0.3) is 0 Å². The predicted octanol–water partition coefficient (Wildman–Crippen LogP) is 19.9. The van der Waals surface area contributed by atoms with Crippen LogP contribution in [0.2, 0.25) is 0 Å². The second kappa shape index (κ2) is 26.0. The van der Waals surface area contributed by atoms with Crippen LogP contribution in [0.15, 0.2) is 107 Å². The number of nitrogens with zero attached hydrogens (tertiary/aromatic N) is 2. The number of anilines is 1. The summed E-state index contributed by atoms with van der Waals surface area (Å²) in [6, 6.07) is 14.4. The molecule has 10 aliphatic rings. The number of carbonyl (C=O) groups is 4. The number of carbonyl (C=O) groups excluding carboxylic acids is 4. The molecule has 1 N–H and O–H groups in total. The largest absolute Gasteiger partial charge is 0.514 e. The summed E-state index contributed by atoms with van der Waals surface area (Å²) >= 11 is 0. The number of rotatable bonds is 16. The number of aliphatic hydroxyl groups is 1. The fourth-order valence-corrected chi connectivity index (χ4v) is 22.4. The van der Waals surface area contributed by atoms with Crippen LogP contribution < -0.4 is 18.9 Å². The minimum absolute atomic E-state index is 0.0997. The molecule has 0 radical (unpaired) electrons. The monoisotopic (exact) mass is 1280 g/mol. The molecule has 504 valence electrons. The van der Waals surface area contributed by atoms with E-state index in [-0.39, 0.29) is 34.2 Å². The van der Waals surface area contributed by atoms with Gasteiger partial charge in [-0.1, -0.05) is 137 Å². The van der Waals surface area contributed by atoms with Crippen LogP contribution in [0, 0.1) is 92.7 Å². The first-order valence-corrected chi connectivity index (χ1v) is 37.0. The fourth-order valence-electron chi connectivity index (χ4n) is 22.4. The lowest BCUT2D eigenvalue weighted by molar-refractivity contribution is -0.646. The summed E-state index contributed by atoms with van der Waals surface area (Å²) in [4.78, 5) is 56.1. The van der Waals surface area contributed by atoms with Crippen LogP contribution in [-0.4, -0.2) is 48.2 Å². The minimum Gasteiger partial charge on any atom is -0.506 e. The maximum absolute atomic E-state index is 13.6. The van der Waals surface area contributed by atoms with Crippen molar-refractivity contribution in [3.63, 3.8) is 0 Å². The first kappa shape index (κ1) is 66.4. The quantitative estimate of drug-likeness (QED) is 0.0369. The molecule has 11 nitrogen and oxygen atoms in total. The van der Waals surface area contributed by atoms with E-state index in [4.69, 9.17) is 18.9 Å². The van der Waals surface area contributed by atoms with E-state index < -0.39 is 29.6 Å². The maximum atomic E-state index is 13.6. The van der Waals surface area contributed by atoms with E-state index in [1.807, 2.05) is 47.8 Å². The molecule has 2 heterocycles. The van der Waals surface area contributed by atoms with E-state index in [0.717, 1.165) is 133 Å². The number of aromatic nitrogens is 1. The van der Waals surface area contributed by atoms with Crippen molar-refractivity contribution in [3.8, 4) is 11.5 Å². The number of aryl methyl sites for hydroxylation is 1. The van der Waals surface area contributed by atoms with Crippen molar-refractivity contribution < 1.29 is 47.8 Å². The number of aliphatic hydroxyl groups excluding tert-OH is 1. The fraction of sp³-hybridized carbons (Fsp3) is 0.627. The van der Waals surface area contributed by atoms with Crippen LogP contribution in [0.1, 0.15) is 222 Å². The van der Waals surface area contributed by atoms with Crippen LogP contribution in [0.4, 0.5) is 15.3 Å². The van der Waals surface area contributed by atoms with Gasteiger partial charge in [-0.3, -0.25) is 9.59 Å². The average Bonchev–Trinajstić information content (AvgIpc) is 1.37. The standard InChI is InChI=1S/C83H108N2O9/c1-49(2)15-13-17-51(5)67-29-31-69-63-27-21-55-45-61(35-39-80(55,7)71(63)37-41-82(67,69)9)93-78(89)91-59-25-33-73-53(43-59)19-23-57(84(73)11)47-65-75(86)66(77(88)76(65)87)48-58-24-20-54-44-60(26-34-74(54)85(58)12)92-79(90)94-62-36-40-81(8)56(46-62)22-28-64-70-32-30-68(52(6)18-14-16-50(3)4)83(70,10)42-38-72(64)81/h19-26,33-34,43-44,47-52,61-64,67-72H,13-18,27-32,35-42,45-46H2,1-12H3/p+1/t51-,52-,61+,62+,63+,64+,67-,68-,69+,70+,71+,72+,80+,81+,82-,83-/m1/s1. The van der Waals surface area contributed by atoms with Crippen LogP contribution in [-0.2, 0) is 26.1 Å². The molecule has 3 aromatic rings. The highest BCUT2D eigenvalue weighted by Crippen LogP contribution is 2.69. The van der Waals surface area contributed by atoms with E-state index in [0.29, 0.717) is 45.6 Å². The molecule has 9 aliphatic carbocycles. The van der Waals surface area contributed by atoms with Gasteiger partial charge in [0.2, 0.25) is 22.8 Å². The van der Waals surface area contributed by atoms with Gasteiger partial charge in [-0.05, 0) is 231 Å². The highest BCUT2D eigenvalue weighted by molar-refractivity contribution is 6.54. The van der Waals surface area contributed by atoms with Gasteiger partial charge in [0, 0.05) is 55.0 Å². The highest BCUT2D eigenvalue weighted by atomic mass is 16.7. The molecule has 0 saturated heterocycles. The van der Waals surface area contributed by atoms with Gasteiger partial charge >= 0.3 is 12.3 Å². The third-order valence-corrected chi connectivity index (χ3v) is 27.6. The molecule has 0 bridgehead atoms. The Morgan fingerprint density at radius 1 is 0.617 bits per heavy atom. The molecule has 16 atom stereocenters. The van der Waals surface area contributed by atoms with Crippen molar-refractivity contribution >= 4 is 52.6 Å². The SMILES string of the molecule is CC(C)CCC[C@@H](C)[C@H]1CC[C@H]2[C@@H]3CC=C4C[C@@H](OC(=O)Oc5ccc6c(c5)C=C/C(=C\C5=C(O)C(=C\c7ccc8cc(OC(=O)O[C@H]9CC[C@@]%10(C)C(=CC[C@H]%11[C@@H]%12CC[C@H]([C@H](C)CCCC(C)C)[C@@]%12(C)CC[C@@H]%11%10)C9)ccc8[n+]7C)/C(=O)C5=O)N6C)CC[C@]4(C)[C@H]3CC[C@]12C. The van der Waals surface area contributed by atoms with Gasteiger partial charge < -0.3 is 29.0 Å². The van der Waals surface area contributed by atoms with Crippen molar-refractivity contribution in [1.82, 2.24) is 0 Å². The maximum Gasteiger partial charge on any atom is 0.514 e. The number of ketones is 2. The number of allylic oxidation sites excluding steroid dienone is 6. The van der Waals surface area contributed by atoms with E-state index in [1.54, 1.807) is 36.4 Å². The molecule has 6 fully saturated rings. The Bertz CT molecular complexity index is 3670. The van der Waals surface area contributed by atoms with Crippen molar-refractivity contribution in [2.75, 3.05) is 11.9 Å². The molecule has 6 saturated carbocycles. The Labute approximate surface area is 561 Å². The van der Waals surface area contributed by atoms with Gasteiger partial charge in [-0.2, -0.15) is 4.57 Å². The van der Waals surface area contributed by atoms with Crippen molar-refractivity contribution in [2.24, 2.45) is 99.7 Å². The summed E-state index contributed by atoms with van der Waals surface area (Å²) in [5, 5.41) is 12.4. The number of hydrogen-bond donors (Lipinski definition) is 1. The second-order valence-electron chi connectivity index (χ2n) is 33.4. The van der Waals surface area contributed by atoms with Crippen molar-refractivity contribution in [2.45, 2.75) is 223 Å². The van der Waals surface area contributed by atoms with E-state index in [9.17, 15) is 24.3 Å². The number of ether oxygens (including phenoxy) is 4. The molecular weight excluding hydrogens is 1170 g/mol. The Kier molecular flexibility index (Phi) is 18.3. The van der Waals surface area contributed by atoms with Gasteiger partial charge in [-0.15, -0.1) is 0 Å². The zero-order valence-electron chi connectivity index (χ0n) is 58.8. The lowest BCUT2D eigenvalue weighted by Gasteiger charge is -2.58. The van der Waals surface area contributed by atoms with E-state index in [1.165, 1.54) is 113 Å². The van der Waals surface area contributed by atoms with Crippen LogP contribution in [0.3, 0.4) is 0 Å². The van der Waals surface area contributed by atoms with Gasteiger partial charge in [0.15, 0.2) is 0 Å². The summed E-state index contributed by atoms with van der Waals surface area (Å²) < 4.78 is 25.7. The molecule has 13 rings (SSSR count). The molecule has 0 spiro atoms. The summed E-state index contributed by atoms with van der Waals surface area (Å²) in [7, 11) is 3.69. The molecule has 94 heavy (non-hydrogen) atoms. The molecule has 11 heteroatoms. The number of pyridine rings is 1. The number of hydrogen-bond acceptors (Lipinski definition) is 10. The molecule has 1 aromatic heterocycles. The first-order chi connectivity index (χ1) is 44.9. The van der Waals surface area contributed by atoms with Gasteiger partial charge in [-0.25, -0.2) is 9.59 Å². The summed E-state index contributed by atoms with van der Waals surface area (Å²) in [6.45, 7) is 24.8. The topological polar surface area (TPSA) is 133 Å². The molecule has 0 unspecified atom stereocenters. The van der Waals surface area contributed by atoms with E-state index >= 15 is 0 Å². The Balaban J connectivity index is 0.602. The van der Waals surface area contributed by atoms with Crippen LogP contribution in [0.25, 0.3) is 23.1 Å². The van der Waals surface area contributed by atoms with Crippen molar-refractivity contribution in [1.29, 1.82) is 0 Å². The lowest BCUT2D eigenvalue weighted by atomic mass is 9.47. The van der Waals surface area contributed by atoms with Gasteiger partial charge in [0.1, 0.15) is 36.5 Å². The molecule has 0 amide bonds. The summed E-state index contributed by atoms with van der Waals surface area (Å²) in [5.74, 6) is 8.02. The number of fused-ring (bicyclic) bond motifs is 12. The summed E-state index contributed by atoms with van der Waals surface area (Å²) in [5.41, 5.74) is 7.45. The molecular formula is C83H109N2O9+. The minimum atomic E-state index is -0.802. The smallest absolute Gasteiger partial charge is 0.506 e. The Hall–Kier alpha value is -6.23. The number of benzene rings is 2. The molecule has 2 aromatic carbocycles. The number of Topliss-reactive ketones (excluding diaryl/α,β-unsaturated/α-hetero) is 2. The lowest BCUT2D eigenvalue weighted by Crippen LogP contribution is -2.51. The van der Waals surface area contributed by atoms with E-state index in [2.05, 4.69) is 81.4 Å². The van der Waals surface area contributed by atoms with Gasteiger partial charge in [0.05, 0.1) is 16.5 Å². The highest BCUT2D eigenvalue weighted by Gasteiger charge is 2.61. The zero-order chi connectivity index (χ0) is 66.3. The Morgan fingerprint density at radius 2 is 1.15 bits per heavy atom. The van der Waals surface area contributed by atoms with Crippen molar-refractivity contribution in [3.05, 3.63) is 118 Å².